The van der Waals surface area contributed by atoms with Gasteiger partial charge >= 0.3 is 24.3 Å². The number of nitrogens with zero attached hydrogens (tertiary/aromatic N) is 2. The van der Waals surface area contributed by atoms with Gasteiger partial charge in [0.25, 0.3) is 0 Å². The average molecular weight is 539 g/mol. The van der Waals surface area contributed by atoms with Crippen LogP contribution in [0.2, 0.25) is 0 Å². The smallest absolute Gasteiger partial charge is 0.475 e. The van der Waals surface area contributed by atoms with Crippen molar-refractivity contribution in [2.45, 2.75) is 25.3 Å². The minimum atomic E-state index is -5.08. The molecule has 35 heavy (non-hydrogen) atoms. The number of hydrogen-bond acceptors (Lipinski definition) is 7. The molecule has 0 bridgehead atoms. The van der Waals surface area contributed by atoms with Crippen molar-refractivity contribution in [3.63, 3.8) is 0 Å². The van der Waals surface area contributed by atoms with E-state index in [1.54, 1.807) is 18.4 Å². The third kappa shape index (κ3) is 12.0. The Morgan fingerprint density at radius 1 is 1.09 bits per heavy atom. The van der Waals surface area contributed by atoms with E-state index >= 15 is 0 Å². The Balaban J connectivity index is 0.000000362. The fraction of sp³-hybridized carbons (Fsp3) is 0.700. The summed E-state index contributed by atoms with van der Waals surface area (Å²) in [7, 11) is 1.78. The van der Waals surface area contributed by atoms with Gasteiger partial charge in [0.05, 0.1) is 19.8 Å². The van der Waals surface area contributed by atoms with Crippen molar-refractivity contribution in [1.29, 1.82) is 0 Å². The lowest BCUT2D eigenvalue weighted by Crippen LogP contribution is -2.40. The van der Waals surface area contributed by atoms with Gasteiger partial charge in [-0.1, -0.05) is 0 Å². The fourth-order valence-corrected chi connectivity index (χ4v) is 4.20. The molecule has 2 aliphatic rings. The number of carboxylic acid groups (broad SMARTS) is 2. The summed E-state index contributed by atoms with van der Waals surface area (Å²) in [5.41, 5.74) is 1.76. The summed E-state index contributed by atoms with van der Waals surface area (Å²) in [6, 6.07) is 2.24. The predicted molar refractivity (Wildman–Crippen MR) is 113 cm³/mol. The van der Waals surface area contributed by atoms with Crippen molar-refractivity contribution < 1.29 is 55.6 Å². The van der Waals surface area contributed by atoms with Gasteiger partial charge in [0, 0.05) is 45.2 Å². The molecule has 1 spiro atoms. The van der Waals surface area contributed by atoms with Crippen LogP contribution in [0.25, 0.3) is 0 Å². The average Bonchev–Trinajstić information content (AvgIpc) is 3.34. The summed E-state index contributed by atoms with van der Waals surface area (Å²) in [6.07, 6.45) is -8.92. The summed E-state index contributed by atoms with van der Waals surface area (Å²) in [6.45, 7) is 9.25. The second-order valence-corrected chi connectivity index (χ2v) is 8.80. The molecule has 1 atom stereocenters. The van der Waals surface area contributed by atoms with Crippen LogP contribution in [-0.2, 0) is 25.6 Å². The molecule has 2 fully saturated rings. The van der Waals surface area contributed by atoms with Crippen molar-refractivity contribution in [2.24, 2.45) is 5.41 Å². The van der Waals surface area contributed by atoms with Crippen molar-refractivity contribution in [3.8, 4) is 0 Å². The number of thiophene rings is 1. The number of ether oxygens (including phenoxy) is 2. The van der Waals surface area contributed by atoms with E-state index in [9.17, 15) is 26.3 Å². The van der Waals surface area contributed by atoms with Gasteiger partial charge in [0.1, 0.15) is 0 Å². The highest BCUT2D eigenvalue weighted by Crippen LogP contribution is 2.33. The van der Waals surface area contributed by atoms with E-state index in [2.05, 4.69) is 26.6 Å². The fourth-order valence-electron chi connectivity index (χ4n) is 3.54. The van der Waals surface area contributed by atoms with Gasteiger partial charge in [-0.15, -0.1) is 0 Å². The van der Waals surface area contributed by atoms with Gasteiger partial charge in [-0.05, 0) is 35.4 Å². The van der Waals surface area contributed by atoms with E-state index in [0.29, 0.717) is 5.41 Å². The first kappa shape index (κ1) is 31.1. The van der Waals surface area contributed by atoms with E-state index in [1.807, 2.05) is 0 Å². The first-order valence-electron chi connectivity index (χ1n) is 10.3. The molecule has 8 nitrogen and oxygen atoms in total. The quantitative estimate of drug-likeness (QED) is 0.552. The number of halogens is 6. The summed E-state index contributed by atoms with van der Waals surface area (Å²) in [5, 5.41) is 18.7. The molecule has 3 rings (SSSR count). The lowest BCUT2D eigenvalue weighted by molar-refractivity contribution is -0.193. The Labute approximate surface area is 202 Å². The van der Waals surface area contributed by atoms with Crippen molar-refractivity contribution in [3.05, 3.63) is 22.4 Å². The van der Waals surface area contributed by atoms with Crippen LogP contribution in [0.5, 0.6) is 0 Å². The molecule has 15 heteroatoms. The molecule has 0 aromatic carbocycles. The molecule has 202 valence electrons. The summed E-state index contributed by atoms with van der Waals surface area (Å²) >= 11 is 1.79. The summed E-state index contributed by atoms with van der Waals surface area (Å²) < 4.78 is 74.6. The molecule has 0 amide bonds. The molecule has 2 saturated heterocycles. The van der Waals surface area contributed by atoms with Crippen LogP contribution >= 0.6 is 11.3 Å². The number of methoxy groups -OCH3 is 1. The molecule has 1 aromatic rings. The topological polar surface area (TPSA) is 99.5 Å². The molecule has 2 N–H and O–H groups in total. The molecular weight excluding hydrogens is 510 g/mol. The predicted octanol–water partition coefficient (Wildman–Crippen LogP) is 3.19. The molecule has 3 heterocycles. The van der Waals surface area contributed by atoms with Crippen LogP contribution in [0.3, 0.4) is 0 Å². The first-order chi connectivity index (χ1) is 16.2. The standard InChI is InChI=1S/C16H26N2O2S.2C2HF3O2/c1-19-7-5-17-4-3-16(12-17)13-18(6-8-20-14-16)10-15-2-9-21-11-15;2*3-2(4,5)1(6)7/h2,9,11H,3-8,10,12-14H2,1H3;2*(H,6,7). The van der Waals surface area contributed by atoms with E-state index < -0.39 is 24.3 Å². The minimum absolute atomic E-state index is 0.320. The normalized spacial score (nSPS) is 21.5. The summed E-state index contributed by atoms with van der Waals surface area (Å²) in [4.78, 5) is 22.9. The SMILES string of the molecule is COCCN1CCC2(COCCN(Cc3ccsc3)C2)C1.O=C(O)C(F)(F)F.O=C(O)C(F)(F)F. The summed E-state index contributed by atoms with van der Waals surface area (Å²) in [5.74, 6) is -5.51. The number of likely N-dealkylation sites (tertiary alicyclic amines) is 1. The van der Waals surface area contributed by atoms with Crippen LogP contribution < -0.4 is 0 Å². The maximum Gasteiger partial charge on any atom is 0.490 e. The maximum atomic E-state index is 10.6. The number of aliphatic carboxylic acids is 2. The first-order valence-corrected chi connectivity index (χ1v) is 11.3. The highest BCUT2D eigenvalue weighted by Gasteiger charge is 2.41. The van der Waals surface area contributed by atoms with Crippen LogP contribution in [0.1, 0.15) is 12.0 Å². The van der Waals surface area contributed by atoms with E-state index in [4.69, 9.17) is 29.3 Å². The zero-order chi connectivity index (χ0) is 26.7. The third-order valence-electron chi connectivity index (χ3n) is 5.12. The molecule has 1 unspecified atom stereocenters. The number of carboxylic acids is 2. The molecule has 0 radical (unpaired) electrons. The second-order valence-electron chi connectivity index (χ2n) is 8.02. The number of hydrogen-bond donors (Lipinski definition) is 2. The zero-order valence-corrected chi connectivity index (χ0v) is 19.7. The van der Waals surface area contributed by atoms with Crippen LogP contribution in [-0.4, -0.2) is 104 Å². The van der Waals surface area contributed by atoms with Crippen molar-refractivity contribution in [2.75, 3.05) is 59.7 Å². The maximum absolute atomic E-state index is 10.6. The highest BCUT2D eigenvalue weighted by molar-refractivity contribution is 7.07. The van der Waals surface area contributed by atoms with Gasteiger partial charge in [-0.2, -0.15) is 37.7 Å². The Kier molecular flexibility index (Phi) is 12.4. The molecule has 0 saturated carbocycles. The number of alkyl halides is 6. The molecular formula is C20H28F6N2O6S. The Bertz CT molecular complexity index is 753. The van der Waals surface area contributed by atoms with Gasteiger partial charge in [-0.3, -0.25) is 4.90 Å². The molecule has 0 aliphatic carbocycles. The Morgan fingerprint density at radius 2 is 1.66 bits per heavy atom. The minimum Gasteiger partial charge on any atom is -0.475 e. The van der Waals surface area contributed by atoms with Crippen molar-refractivity contribution >= 4 is 23.3 Å². The van der Waals surface area contributed by atoms with Gasteiger partial charge in [0.2, 0.25) is 0 Å². The second kappa shape index (κ2) is 14.0. The van der Waals surface area contributed by atoms with Gasteiger partial charge in [0.15, 0.2) is 0 Å². The van der Waals surface area contributed by atoms with E-state index in [-0.39, 0.29) is 0 Å². The third-order valence-corrected chi connectivity index (χ3v) is 5.85. The van der Waals surface area contributed by atoms with E-state index in [0.717, 1.165) is 52.5 Å². The molecule has 2 aliphatic heterocycles. The number of carbonyl (C=O) groups is 2. The lowest BCUT2D eigenvalue weighted by atomic mass is 9.87. The Hall–Kier alpha value is -1.94. The van der Waals surface area contributed by atoms with Crippen LogP contribution in [0.4, 0.5) is 26.3 Å². The lowest BCUT2D eigenvalue weighted by Gasteiger charge is -2.32. The zero-order valence-electron chi connectivity index (χ0n) is 18.9. The van der Waals surface area contributed by atoms with Crippen molar-refractivity contribution in [1.82, 2.24) is 9.80 Å². The Morgan fingerprint density at radius 3 is 2.14 bits per heavy atom. The highest BCUT2D eigenvalue weighted by atomic mass is 32.1. The van der Waals surface area contributed by atoms with E-state index in [1.165, 1.54) is 18.5 Å². The van der Waals surface area contributed by atoms with Crippen LogP contribution in [0, 0.1) is 5.41 Å². The number of rotatable bonds is 5. The molecule has 1 aromatic heterocycles. The van der Waals surface area contributed by atoms with Gasteiger partial charge < -0.3 is 24.6 Å². The van der Waals surface area contributed by atoms with Crippen LogP contribution in [0.15, 0.2) is 16.8 Å². The van der Waals surface area contributed by atoms with Gasteiger partial charge in [-0.25, -0.2) is 9.59 Å². The monoisotopic (exact) mass is 538 g/mol. The largest absolute Gasteiger partial charge is 0.490 e.